The van der Waals surface area contributed by atoms with Crippen LogP contribution in [0.2, 0.25) is 0 Å². The maximum absolute atomic E-state index is 11.1. The minimum Gasteiger partial charge on any atom is -0.311 e. The largest absolute Gasteiger partial charge is 0.311 e. The van der Waals surface area contributed by atoms with Crippen LogP contribution in [0.5, 0.6) is 0 Å². The van der Waals surface area contributed by atoms with Gasteiger partial charge in [-0.2, -0.15) is 5.10 Å². The van der Waals surface area contributed by atoms with Gasteiger partial charge in [-0.25, -0.2) is 0 Å². The Balaban J connectivity index is 2.52. The van der Waals surface area contributed by atoms with Gasteiger partial charge in [0, 0.05) is 17.3 Å². The third-order valence-corrected chi connectivity index (χ3v) is 1.81. The minimum absolute atomic E-state index is 0.0146. The van der Waals surface area contributed by atoms with Crippen molar-refractivity contribution in [3.05, 3.63) is 11.8 Å². The van der Waals surface area contributed by atoms with Crippen molar-refractivity contribution in [3.63, 3.8) is 0 Å². The molecule has 0 atom stereocenters. The van der Waals surface area contributed by atoms with Crippen molar-refractivity contribution >= 4 is 27.7 Å². The molecule has 1 amide bonds. The number of nitrogens with one attached hydrogen (secondary N) is 2. The van der Waals surface area contributed by atoms with Crippen LogP contribution < -0.4 is 5.32 Å². The second-order valence-corrected chi connectivity index (χ2v) is 3.21. The van der Waals surface area contributed by atoms with Gasteiger partial charge in [0.05, 0.1) is 6.20 Å². The molecule has 4 nitrogen and oxygen atoms in total. The predicted molar refractivity (Wildman–Crippen MR) is 50.4 cm³/mol. The molecule has 1 rings (SSSR count). The fraction of sp³-hybridized carbons (Fsp3) is 0.429. The van der Waals surface area contributed by atoms with Gasteiger partial charge in [0.2, 0.25) is 5.91 Å². The van der Waals surface area contributed by atoms with Crippen molar-refractivity contribution < 1.29 is 4.79 Å². The highest BCUT2D eigenvalue weighted by Crippen LogP contribution is 2.08. The third kappa shape index (κ3) is 2.34. The number of anilines is 1. The Hall–Kier alpha value is -0.840. The molecule has 0 aromatic carbocycles. The summed E-state index contributed by atoms with van der Waals surface area (Å²) in [5, 5.41) is 9.86. The number of amides is 1. The fourth-order valence-electron chi connectivity index (χ4n) is 0.761. The van der Waals surface area contributed by atoms with Crippen LogP contribution in [0.3, 0.4) is 0 Å². The molecule has 0 aliphatic carbocycles. The van der Waals surface area contributed by atoms with Crippen LogP contribution in [0.15, 0.2) is 6.20 Å². The van der Waals surface area contributed by atoms with Gasteiger partial charge < -0.3 is 5.32 Å². The van der Waals surface area contributed by atoms with E-state index in [4.69, 9.17) is 0 Å². The molecule has 1 aromatic heterocycles. The van der Waals surface area contributed by atoms with Gasteiger partial charge in [-0.05, 0) is 6.92 Å². The predicted octanol–water partition coefficient (Wildman–Crippen LogP) is 1.44. The number of aryl methyl sites for hydroxylation is 1. The van der Waals surface area contributed by atoms with E-state index in [1.54, 1.807) is 6.20 Å². The zero-order valence-corrected chi connectivity index (χ0v) is 8.31. The number of aromatic nitrogens is 2. The van der Waals surface area contributed by atoms with E-state index in [9.17, 15) is 4.79 Å². The molecule has 0 aliphatic heterocycles. The summed E-state index contributed by atoms with van der Waals surface area (Å²) in [6.45, 7) is 1.88. The van der Waals surface area contributed by atoms with Crippen molar-refractivity contribution in [2.45, 2.75) is 13.3 Å². The van der Waals surface area contributed by atoms with Gasteiger partial charge in [-0.3, -0.25) is 9.89 Å². The van der Waals surface area contributed by atoms with E-state index in [0.717, 1.165) is 5.56 Å². The van der Waals surface area contributed by atoms with E-state index in [1.807, 2.05) is 6.92 Å². The molecule has 1 heterocycles. The normalized spacial score (nSPS) is 9.83. The Morgan fingerprint density at radius 2 is 2.58 bits per heavy atom. The van der Waals surface area contributed by atoms with Crippen LogP contribution in [0.1, 0.15) is 12.0 Å². The molecule has 0 aliphatic rings. The highest BCUT2D eigenvalue weighted by Gasteiger charge is 2.04. The highest BCUT2D eigenvalue weighted by molar-refractivity contribution is 9.09. The van der Waals surface area contributed by atoms with Crippen molar-refractivity contribution in [2.24, 2.45) is 0 Å². The molecule has 0 saturated heterocycles. The number of alkyl halides is 1. The lowest BCUT2D eigenvalue weighted by Crippen LogP contribution is -2.12. The Labute approximate surface area is 78.9 Å². The first-order valence-corrected chi connectivity index (χ1v) is 4.72. The first kappa shape index (κ1) is 9.25. The lowest BCUT2D eigenvalue weighted by molar-refractivity contribution is -0.115. The average molecular weight is 232 g/mol. The van der Waals surface area contributed by atoms with Gasteiger partial charge in [-0.15, -0.1) is 0 Å². The number of halogens is 1. The van der Waals surface area contributed by atoms with Crippen LogP contribution in [0, 0.1) is 6.92 Å². The van der Waals surface area contributed by atoms with Crippen LogP contribution in [-0.2, 0) is 4.79 Å². The summed E-state index contributed by atoms with van der Waals surface area (Å²) >= 11 is 3.19. The molecule has 2 N–H and O–H groups in total. The van der Waals surface area contributed by atoms with E-state index in [1.165, 1.54) is 0 Å². The minimum atomic E-state index is -0.0146. The number of nitrogens with zero attached hydrogens (tertiary/aromatic N) is 1. The first-order chi connectivity index (χ1) is 5.74. The summed E-state index contributed by atoms with van der Waals surface area (Å²) in [6, 6.07) is 0. The maximum Gasteiger partial charge on any atom is 0.226 e. The summed E-state index contributed by atoms with van der Waals surface area (Å²) in [5.74, 6) is 0.667. The molecular weight excluding hydrogens is 222 g/mol. The quantitative estimate of drug-likeness (QED) is 0.774. The molecule has 1 aromatic rings. The monoisotopic (exact) mass is 231 g/mol. The zero-order chi connectivity index (χ0) is 8.97. The van der Waals surface area contributed by atoms with Gasteiger partial charge in [0.15, 0.2) is 0 Å². The number of carbonyl (C=O) groups is 1. The molecule has 0 fully saturated rings. The van der Waals surface area contributed by atoms with Crippen LogP contribution in [0.4, 0.5) is 5.82 Å². The first-order valence-electron chi connectivity index (χ1n) is 3.60. The standard InChI is InChI=1S/C7H10BrN3O/c1-5-4-9-11-7(5)10-6(12)2-3-8/h4H,2-3H2,1H3,(H2,9,10,11,12). The Morgan fingerprint density at radius 3 is 3.08 bits per heavy atom. The highest BCUT2D eigenvalue weighted by atomic mass is 79.9. The topological polar surface area (TPSA) is 57.8 Å². The smallest absolute Gasteiger partial charge is 0.226 e. The molecule has 0 saturated carbocycles. The zero-order valence-electron chi connectivity index (χ0n) is 6.72. The number of H-pyrrole nitrogens is 1. The Kier molecular flexibility index (Phi) is 3.28. The van der Waals surface area contributed by atoms with Crippen LogP contribution in [0.25, 0.3) is 0 Å². The lowest BCUT2D eigenvalue weighted by Gasteiger charge is -2.00. The SMILES string of the molecule is Cc1cn[nH]c1NC(=O)CCBr. The number of rotatable bonds is 3. The molecule has 12 heavy (non-hydrogen) atoms. The second kappa shape index (κ2) is 4.25. The lowest BCUT2D eigenvalue weighted by atomic mass is 10.3. The van der Waals surface area contributed by atoms with E-state index >= 15 is 0 Å². The Bertz CT molecular complexity index is 271. The number of hydrogen-bond donors (Lipinski definition) is 2. The molecule has 0 radical (unpaired) electrons. The third-order valence-electron chi connectivity index (χ3n) is 1.41. The molecule has 0 unspecified atom stereocenters. The average Bonchev–Trinajstić information content (AvgIpc) is 2.37. The maximum atomic E-state index is 11.1. The fourth-order valence-corrected chi connectivity index (χ4v) is 1.12. The summed E-state index contributed by atoms with van der Waals surface area (Å²) in [4.78, 5) is 11.1. The van der Waals surface area contributed by atoms with Crippen molar-refractivity contribution in [3.8, 4) is 0 Å². The van der Waals surface area contributed by atoms with Gasteiger partial charge in [0.1, 0.15) is 5.82 Å². The number of carbonyl (C=O) groups excluding carboxylic acids is 1. The molecule has 66 valence electrons. The van der Waals surface area contributed by atoms with Crippen molar-refractivity contribution in [1.82, 2.24) is 10.2 Å². The molecule has 0 bridgehead atoms. The molecular formula is C7H10BrN3O. The molecule has 5 heteroatoms. The molecule has 0 spiro atoms. The van der Waals surface area contributed by atoms with Gasteiger partial charge >= 0.3 is 0 Å². The van der Waals surface area contributed by atoms with Crippen molar-refractivity contribution in [1.29, 1.82) is 0 Å². The summed E-state index contributed by atoms with van der Waals surface area (Å²) in [5.41, 5.74) is 0.943. The Morgan fingerprint density at radius 1 is 1.83 bits per heavy atom. The van der Waals surface area contributed by atoms with E-state index in [-0.39, 0.29) is 5.91 Å². The van der Waals surface area contributed by atoms with Gasteiger partial charge in [-0.1, -0.05) is 15.9 Å². The van der Waals surface area contributed by atoms with Crippen LogP contribution in [-0.4, -0.2) is 21.4 Å². The second-order valence-electron chi connectivity index (χ2n) is 2.42. The summed E-state index contributed by atoms with van der Waals surface area (Å²) < 4.78 is 0. The van der Waals surface area contributed by atoms with Crippen molar-refractivity contribution in [2.75, 3.05) is 10.6 Å². The number of hydrogen-bond acceptors (Lipinski definition) is 2. The number of aromatic amines is 1. The summed E-state index contributed by atoms with van der Waals surface area (Å²) in [6.07, 6.45) is 2.14. The van der Waals surface area contributed by atoms with Gasteiger partial charge in [0.25, 0.3) is 0 Å². The van der Waals surface area contributed by atoms with Crippen LogP contribution >= 0.6 is 15.9 Å². The van der Waals surface area contributed by atoms with E-state index in [2.05, 4.69) is 31.4 Å². The summed E-state index contributed by atoms with van der Waals surface area (Å²) in [7, 11) is 0. The van der Waals surface area contributed by atoms with E-state index < -0.39 is 0 Å². The van der Waals surface area contributed by atoms with E-state index in [0.29, 0.717) is 17.6 Å².